The predicted octanol–water partition coefficient (Wildman–Crippen LogP) is 4.18. The first-order chi connectivity index (χ1) is 17.7. The lowest BCUT2D eigenvalue weighted by molar-refractivity contribution is -0.137. The topological polar surface area (TPSA) is 114 Å². The maximum absolute atomic E-state index is 13.0. The van der Waals surface area contributed by atoms with Crippen LogP contribution < -0.4 is 15.2 Å². The molecule has 4 aromatic rings. The standard InChI is InChI=1S/C24H23F3N4O5S/c1-31(9-10-32)12-18-20(37-22(28-18)14-3-5-15(6-4-14)24(25,26)27)13-35-16-7-8-17(19(11-16)34-2)21-29-23(33)36-30-21/h3-8,11,32H,9-10,12-13H2,1-2H3,(H,29,30,33). The minimum atomic E-state index is -4.42. The Bertz CT molecular complexity index is 1400. The predicted molar refractivity (Wildman–Crippen MR) is 129 cm³/mol. The molecule has 4 rings (SSSR count). The molecule has 2 aromatic carbocycles. The Hall–Kier alpha value is -3.68. The van der Waals surface area contributed by atoms with E-state index in [1.54, 1.807) is 18.2 Å². The SMILES string of the molecule is COc1cc(OCc2sc(-c3ccc(C(F)(F)F)cc3)nc2CN(C)CCO)ccc1-c1noc(=O)[nH]1. The van der Waals surface area contributed by atoms with Gasteiger partial charge in [0.1, 0.15) is 23.1 Å². The average molecular weight is 537 g/mol. The van der Waals surface area contributed by atoms with E-state index in [-0.39, 0.29) is 19.0 Å². The summed E-state index contributed by atoms with van der Waals surface area (Å²) in [6, 6.07) is 9.83. The molecule has 0 aliphatic heterocycles. The lowest BCUT2D eigenvalue weighted by atomic mass is 10.1. The van der Waals surface area contributed by atoms with Gasteiger partial charge in [0.2, 0.25) is 0 Å². The summed E-state index contributed by atoms with van der Waals surface area (Å²) in [6.07, 6.45) is -4.42. The van der Waals surface area contributed by atoms with Crippen LogP contribution in [-0.4, -0.2) is 52.4 Å². The number of aliphatic hydroxyl groups is 1. The van der Waals surface area contributed by atoms with Gasteiger partial charge in [0.05, 0.1) is 35.4 Å². The molecule has 0 saturated heterocycles. The normalized spacial score (nSPS) is 11.8. The van der Waals surface area contributed by atoms with E-state index in [1.165, 1.54) is 30.6 Å². The summed E-state index contributed by atoms with van der Waals surface area (Å²) in [4.78, 5) is 21.1. The number of aromatic amines is 1. The van der Waals surface area contributed by atoms with Crippen molar-refractivity contribution in [1.29, 1.82) is 0 Å². The summed E-state index contributed by atoms with van der Waals surface area (Å²) in [7, 11) is 3.30. The third kappa shape index (κ3) is 6.37. The first-order valence-corrected chi connectivity index (χ1v) is 11.8. The molecule has 0 fully saturated rings. The Labute approximate surface area is 213 Å². The molecular weight excluding hydrogens is 513 g/mol. The van der Waals surface area contributed by atoms with E-state index in [1.807, 2.05) is 11.9 Å². The Morgan fingerprint density at radius 1 is 1.19 bits per heavy atom. The maximum atomic E-state index is 13.0. The summed E-state index contributed by atoms with van der Waals surface area (Å²) in [5, 5.41) is 13.5. The molecule has 0 unspecified atom stereocenters. The van der Waals surface area contributed by atoms with Crippen molar-refractivity contribution >= 4 is 11.3 Å². The zero-order valence-electron chi connectivity index (χ0n) is 19.8. The van der Waals surface area contributed by atoms with Gasteiger partial charge in [-0.25, -0.2) is 9.78 Å². The van der Waals surface area contributed by atoms with Gasteiger partial charge in [0, 0.05) is 24.7 Å². The fourth-order valence-corrected chi connectivity index (χ4v) is 4.49. The van der Waals surface area contributed by atoms with Crippen LogP contribution in [0.15, 0.2) is 51.8 Å². The first kappa shape index (κ1) is 26.4. The number of aliphatic hydroxyl groups excluding tert-OH is 1. The number of nitrogens with one attached hydrogen (secondary N) is 1. The van der Waals surface area contributed by atoms with Crippen molar-refractivity contribution in [3.8, 4) is 33.5 Å². The molecule has 13 heteroatoms. The molecule has 0 saturated carbocycles. The Morgan fingerprint density at radius 2 is 1.95 bits per heavy atom. The summed E-state index contributed by atoms with van der Waals surface area (Å²) in [6.45, 7) is 0.958. The van der Waals surface area contributed by atoms with Gasteiger partial charge in [0.15, 0.2) is 5.82 Å². The molecule has 2 N–H and O–H groups in total. The van der Waals surface area contributed by atoms with Crippen LogP contribution in [-0.2, 0) is 19.3 Å². The number of methoxy groups -OCH3 is 1. The summed E-state index contributed by atoms with van der Waals surface area (Å²) in [5.74, 6) is 0.404. The molecule has 0 spiro atoms. The van der Waals surface area contributed by atoms with Gasteiger partial charge in [-0.3, -0.25) is 14.4 Å². The lowest BCUT2D eigenvalue weighted by Gasteiger charge is -2.15. The number of thiazole rings is 1. The number of nitrogens with zero attached hydrogens (tertiary/aromatic N) is 3. The van der Waals surface area contributed by atoms with Crippen molar-refractivity contribution < 1.29 is 32.3 Å². The lowest BCUT2D eigenvalue weighted by Crippen LogP contribution is -2.22. The number of aromatic nitrogens is 3. The number of likely N-dealkylation sites (N-methyl/N-ethyl adjacent to an activating group) is 1. The largest absolute Gasteiger partial charge is 0.496 e. The van der Waals surface area contributed by atoms with E-state index in [0.717, 1.165) is 17.0 Å². The van der Waals surface area contributed by atoms with E-state index in [4.69, 9.17) is 9.47 Å². The molecule has 0 aliphatic rings. The van der Waals surface area contributed by atoms with Crippen LogP contribution in [0.2, 0.25) is 0 Å². The van der Waals surface area contributed by atoms with Gasteiger partial charge < -0.3 is 14.6 Å². The Kier molecular flexibility index (Phi) is 7.95. The second-order valence-electron chi connectivity index (χ2n) is 8.02. The van der Waals surface area contributed by atoms with Gasteiger partial charge in [-0.15, -0.1) is 11.3 Å². The quantitative estimate of drug-likeness (QED) is 0.310. The highest BCUT2D eigenvalue weighted by molar-refractivity contribution is 7.15. The van der Waals surface area contributed by atoms with E-state index in [9.17, 15) is 23.1 Å². The van der Waals surface area contributed by atoms with Crippen molar-refractivity contribution in [2.45, 2.75) is 19.3 Å². The van der Waals surface area contributed by atoms with Gasteiger partial charge in [0.25, 0.3) is 0 Å². The minimum Gasteiger partial charge on any atom is -0.496 e. The molecule has 37 heavy (non-hydrogen) atoms. The molecule has 0 amide bonds. The van der Waals surface area contributed by atoms with Crippen LogP contribution in [0.4, 0.5) is 13.2 Å². The molecule has 9 nitrogen and oxygen atoms in total. The van der Waals surface area contributed by atoms with Gasteiger partial charge in [-0.2, -0.15) is 13.2 Å². The van der Waals surface area contributed by atoms with Gasteiger partial charge in [-0.05, 0) is 31.3 Å². The van der Waals surface area contributed by atoms with E-state index >= 15 is 0 Å². The number of ether oxygens (including phenoxy) is 2. The minimum absolute atomic E-state index is 0.0266. The smallest absolute Gasteiger partial charge is 0.439 e. The van der Waals surface area contributed by atoms with Crippen molar-refractivity contribution in [3.05, 3.63) is 69.1 Å². The van der Waals surface area contributed by atoms with Crippen LogP contribution in [0.25, 0.3) is 22.0 Å². The number of alkyl halides is 3. The molecule has 2 heterocycles. The first-order valence-electron chi connectivity index (χ1n) is 11.0. The average Bonchev–Trinajstić information content (AvgIpc) is 3.48. The van der Waals surface area contributed by atoms with Crippen molar-refractivity contribution in [3.63, 3.8) is 0 Å². The highest BCUT2D eigenvalue weighted by atomic mass is 32.1. The van der Waals surface area contributed by atoms with Crippen LogP contribution in [0, 0.1) is 0 Å². The number of halogens is 3. The van der Waals surface area contributed by atoms with Crippen LogP contribution in [0.3, 0.4) is 0 Å². The molecule has 0 aliphatic carbocycles. The van der Waals surface area contributed by atoms with Gasteiger partial charge in [-0.1, -0.05) is 17.3 Å². The van der Waals surface area contributed by atoms with E-state index in [2.05, 4.69) is 19.6 Å². The molecular formula is C24H23F3N4O5S. The zero-order valence-corrected chi connectivity index (χ0v) is 20.7. The van der Waals surface area contributed by atoms with Crippen molar-refractivity contribution in [2.75, 3.05) is 27.3 Å². The third-order valence-corrected chi connectivity index (χ3v) is 6.50. The second kappa shape index (κ2) is 11.2. The summed E-state index contributed by atoms with van der Waals surface area (Å²) < 4.78 is 54.8. The Balaban J connectivity index is 1.58. The van der Waals surface area contributed by atoms with E-state index in [0.29, 0.717) is 46.4 Å². The zero-order chi connectivity index (χ0) is 26.6. The van der Waals surface area contributed by atoms with Gasteiger partial charge >= 0.3 is 11.9 Å². The number of rotatable bonds is 10. The fourth-order valence-electron chi connectivity index (χ4n) is 3.50. The van der Waals surface area contributed by atoms with Crippen LogP contribution in [0.5, 0.6) is 11.5 Å². The molecule has 0 atom stereocenters. The summed E-state index contributed by atoms with van der Waals surface area (Å²) in [5.41, 5.74) is 1.03. The van der Waals surface area contributed by atoms with Crippen molar-refractivity contribution in [2.24, 2.45) is 0 Å². The Morgan fingerprint density at radius 3 is 2.57 bits per heavy atom. The molecule has 196 valence electrons. The number of benzene rings is 2. The highest BCUT2D eigenvalue weighted by Crippen LogP contribution is 2.35. The van der Waals surface area contributed by atoms with Crippen molar-refractivity contribution in [1.82, 2.24) is 20.0 Å². The van der Waals surface area contributed by atoms with E-state index < -0.39 is 17.5 Å². The van der Waals surface area contributed by atoms with Crippen LogP contribution >= 0.6 is 11.3 Å². The maximum Gasteiger partial charge on any atom is 0.439 e. The molecule has 0 bridgehead atoms. The monoisotopic (exact) mass is 536 g/mol. The third-order valence-electron chi connectivity index (χ3n) is 5.38. The molecule has 2 aromatic heterocycles. The number of H-pyrrole nitrogens is 1. The highest BCUT2D eigenvalue weighted by Gasteiger charge is 2.30. The number of hydrogen-bond acceptors (Lipinski definition) is 9. The van der Waals surface area contributed by atoms with Crippen LogP contribution in [0.1, 0.15) is 16.1 Å². The molecule has 0 radical (unpaired) electrons. The number of hydrogen-bond donors (Lipinski definition) is 2. The fraction of sp³-hybridized carbons (Fsp3) is 0.292. The summed E-state index contributed by atoms with van der Waals surface area (Å²) >= 11 is 1.32. The second-order valence-corrected chi connectivity index (χ2v) is 9.10.